The maximum Gasteiger partial charge on any atom is 0.123 e. The molecule has 0 saturated carbocycles. The van der Waals surface area contributed by atoms with Gasteiger partial charge >= 0.3 is 0 Å². The molecule has 1 nitrogen and oxygen atoms in total. The molecule has 0 spiro atoms. The Morgan fingerprint density at radius 3 is 2.48 bits per heavy atom. The van der Waals surface area contributed by atoms with Gasteiger partial charge in [0.1, 0.15) is 5.82 Å². The van der Waals surface area contributed by atoms with Crippen molar-refractivity contribution in [2.45, 2.75) is 12.8 Å². The summed E-state index contributed by atoms with van der Waals surface area (Å²) in [5, 5.41) is 0. The van der Waals surface area contributed by atoms with Crippen molar-refractivity contribution in [3.8, 4) is 11.8 Å². The minimum atomic E-state index is -0.240. The van der Waals surface area contributed by atoms with Crippen LogP contribution < -0.4 is 0 Å². The number of benzene rings is 2. The zero-order valence-electron chi connectivity index (χ0n) is 12.0. The maximum absolute atomic E-state index is 12.8. The lowest BCUT2D eigenvalue weighted by atomic mass is 10.0. The fourth-order valence-electron chi connectivity index (χ4n) is 1.98. The van der Waals surface area contributed by atoms with Crippen LogP contribution in [0, 0.1) is 17.7 Å². The summed E-state index contributed by atoms with van der Waals surface area (Å²) < 4.78 is 17.7. The normalized spacial score (nSPS) is 10.2. The Hall–Kier alpha value is -2.53. The summed E-state index contributed by atoms with van der Waals surface area (Å²) in [5.41, 5.74) is 3.26. The van der Waals surface area contributed by atoms with Crippen LogP contribution in [-0.2, 0) is 17.6 Å². The van der Waals surface area contributed by atoms with Crippen LogP contribution in [0.4, 0.5) is 4.39 Å². The van der Waals surface area contributed by atoms with Crippen LogP contribution in [0.1, 0.15) is 16.7 Å². The van der Waals surface area contributed by atoms with E-state index in [4.69, 9.17) is 4.74 Å². The van der Waals surface area contributed by atoms with E-state index < -0.39 is 0 Å². The average Bonchev–Trinajstić information content (AvgIpc) is 2.51. The van der Waals surface area contributed by atoms with Crippen molar-refractivity contribution < 1.29 is 9.13 Å². The van der Waals surface area contributed by atoms with E-state index >= 15 is 0 Å². The molecule has 0 bridgehead atoms. The number of rotatable bonds is 4. The van der Waals surface area contributed by atoms with Gasteiger partial charge in [0.25, 0.3) is 0 Å². The summed E-state index contributed by atoms with van der Waals surface area (Å²) in [6.45, 7) is 0. The summed E-state index contributed by atoms with van der Waals surface area (Å²) in [6, 6.07) is 14.4. The number of methoxy groups -OCH3 is 1. The van der Waals surface area contributed by atoms with Gasteiger partial charge in [-0.3, -0.25) is 0 Å². The van der Waals surface area contributed by atoms with Gasteiger partial charge in [0.15, 0.2) is 0 Å². The SMILES string of the molecule is CO/C=C/Cc1ccccc1CC#Cc1ccc(F)cc1. The monoisotopic (exact) mass is 280 g/mol. The lowest BCUT2D eigenvalue weighted by Crippen LogP contribution is -1.91. The molecular weight excluding hydrogens is 263 g/mol. The topological polar surface area (TPSA) is 9.23 Å². The number of allylic oxidation sites excluding steroid dienone is 1. The van der Waals surface area contributed by atoms with Crippen molar-refractivity contribution in [2.75, 3.05) is 7.11 Å². The van der Waals surface area contributed by atoms with Crippen LogP contribution in [0.5, 0.6) is 0 Å². The van der Waals surface area contributed by atoms with Crippen LogP contribution in [0.15, 0.2) is 60.9 Å². The first kappa shape index (κ1) is 14.9. The minimum absolute atomic E-state index is 0.240. The third-order valence-corrected chi connectivity index (χ3v) is 3.04. The third-order valence-electron chi connectivity index (χ3n) is 3.04. The van der Waals surface area contributed by atoms with Gasteiger partial charge in [-0.2, -0.15) is 0 Å². The summed E-state index contributed by atoms with van der Waals surface area (Å²) in [7, 11) is 1.64. The molecule has 2 aromatic rings. The molecule has 2 heteroatoms. The van der Waals surface area contributed by atoms with E-state index in [1.54, 1.807) is 25.5 Å². The van der Waals surface area contributed by atoms with Gasteiger partial charge in [-0.15, -0.1) is 0 Å². The predicted octanol–water partition coefficient (Wildman–Crippen LogP) is 4.12. The van der Waals surface area contributed by atoms with Crippen LogP contribution in [0.25, 0.3) is 0 Å². The first-order valence-corrected chi connectivity index (χ1v) is 6.78. The zero-order valence-corrected chi connectivity index (χ0v) is 12.0. The number of halogens is 1. The molecule has 2 rings (SSSR count). The summed E-state index contributed by atoms with van der Waals surface area (Å²) in [5.74, 6) is 5.96. The molecule has 0 amide bonds. The standard InChI is InChI=1S/C19H17FO/c1-21-15-5-10-18-8-3-2-7-17(18)9-4-6-16-11-13-19(20)14-12-16/h2-3,5,7-8,11-15H,9-10H2,1H3/b15-5+. The van der Waals surface area contributed by atoms with Crippen LogP contribution >= 0.6 is 0 Å². The highest BCUT2D eigenvalue weighted by atomic mass is 19.1. The number of ether oxygens (including phenoxy) is 1. The first-order chi connectivity index (χ1) is 10.3. The van der Waals surface area contributed by atoms with Gasteiger partial charge in [-0.05, 0) is 47.9 Å². The molecule has 0 aliphatic rings. The molecule has 2 aromatic carbocycles. The van der Waals surface area contributed by atoms with E-state index in [-0.39, 0.29) is 5.82 Å². The van der Waals surface area contributed by atoms with Crippen LogP contribution in [-0.4, -0.2) is 7.11 Å². The average molecular weight is 280 g/mol. The molecule has 0 radical (unpaired) electrons. The molecule has 0 heterocycles. The second-order valence-electron chi connectivity index (χ2n) is 4.57. The lowest BCUT2D eigenvalue weighted by Gasteiger charge is -2.03. The molecule has 106 valence electrons. The lowest BCUT2D eigenvalue weighted by molar-refractivity contribution is 0.337. The molecule has 0 aliphatic carbocycles. The van der Waals surface area contributed by atoms with Crippen molar-refractivity contribution in [3.63, 3.8) is 0 Å². The summed E-state index contributed by atoms with van der Waals surface area (Å²) in [4.78, 5) is 0. The highest BCUT2D eigenvalue weighted by molar-refractivity contribution is 5.37. The molecule has 0 fully saturated rings. The smallest absolute Gasteiger partial charge is 0.123 e. The fourth-order valence-corrected chi connectivity index (χ4v) is 1.98. The minimum Gasteiger partial charge on any atom is -0.505 e. The van der Waals surface area contributed by atoms with Gasteiger partial charge in [-0.1, -0.05) is 36.1 Å². The summed E-state index contributed by atoms with van der Waals surface area (Å²) in [6.07, 6.45) is 5.16. The van der Waals surface area contributed by atoms with Gasteiger partial charge in [0.2, 0.25) is 0 Å². The van der Waals surface area contributed by atoms with Crippen LogP contribution in [0.3, 0.4) is 0 Å². The second-order valence-corrected chi connectivity index (χ2v) is 4.57. The molecule has 0 aromatic heterocycles. The second kappa shape index (κ2) is 7.91. The first-order valence-electron chi connectivity index (χ1n) is 6.78. The van der Waals surface area contributed by atoms with E-state index in [9.17, 15) is 4.39 Å². The third kappa shape index (κ3) is 4.81. The Morgan fingerprint density at radius 1 is 1.05 bits per heavy atom. The molecule has 0 atom stereocenters. The number of hydrogen-bond acceptors (Lipinski definition) is 1. The van der Waals surface area contributed by atoms with E-state index in [0.29, 0.717) is 6.42 Å². The largest absolute Gasteiger partial charge is 0.505 e. The van der Waals surface area contributed by atoms with Crippen molar-refractivity contribution in [3.05, 3.63) is 83.4 Å². The van der Waals surface area contributed by atoms with Crippen molar-refractivity contribution in [1.82, 2.24) is 0 Å². The molecule has 0 aliphatic heterocycles. The molecule has 0 unspecified atom stereocenters. The molecule has 21 heavy (non-hydrogen) atoms. The van der Waals surface area contributed by atoms with Gasteiger partial charge in [0.05, 0.1) is 13.4 Å². The predicted molar refractivity (Wildman–Crippen MR) is 83.3 cm³/mol. The highest BCUT2D eigenvalue weighted by Crippen LogP contribution is 2.11. The van der Waals surface area contributed by atoms with Crippen molar-refractivity contribution >= 4 is 0 Å². The van der Waals surface area contributed by atoms with Crippen molar-refractivity contribution in [1.29, 1.82) is 0 Å². The van der Waals surface area contributed by atoms with Crippen molar-refractivity contribution in [2.24, 2.45) is 0 Å². The molecule has 0 saturated heterocycles. The quantitative estimate of drug-likeness (QED) is 0.604. The van der Waals surface area contributed by atoms with Gasteiger partial charge in [0, 0.05) is 12.0 Å². The van der Waals surface area contributed by atoms with E-state index in [1.165, 1.54) is 23.3 Å². The van der Waals surface area contributed by atoms with E-state index in [1.807, 2.05) is 18.2 Å². The van der Waals surface area contributed by atoms with Crippen LogP contribution in [0.2, 0.25) is 0 Å². The Bertz CT molecular complexity index is 660. The Kier molecular flexibility index (Phi) is 5.60. The van der Waals surface area contributed by atoms with Gasteiger partial charge in [-0.25, -0.2) is 4.39 Å². The van der Waals surface area contributed by atoms with E-state index in [0.717, 1.165) is 12.0 Å². The Balaban J connectivity index is 2.06. The van der Waals surface area contributed by atoms with Gasteiger partial charge < -0.3 is 4.74 Å². The maximum atomic E-state index is 12.8. The Labute approximate surface area is 125 Å². The number of hydrogen-bond donors (Lipinski definition) is 0. The fraction of sp³-hybridized carbons (Fsp3) is 0.158. The Morgan fingerprint density at radius 2 is 1.76 bits per heavy atom. The highest BCUT2D eigenvalue weighted by Gasteiger charge is 1.98. The summed E-state index contributed by atoms with van der Waals surface area (Å²) >= 11 is 0. The van der Waals surface area contributed by atoms with E-state index in [2.05, 4.69) is 24.0 Å². The zero-order chi connectivity index (χ0) is 14.9. The molecule has 0 N–H and O–H groups in total. The molecular formula is C19H17FO.